The second-order valence-electron chi connectivity index (χ2n) is 3.58. The number of hydrogen-bond donors (Lipinski definition) is 0. The Morgan fingerprint density at radius 1 is 1.28 bits per heavy atom. The lowest BCUT2D eigenvalue weighted by Crippen LogP contribution is -2.18. The number of Topliss-reactive ketones (excluding diaryl/α,β-unsaturated/α-hetero) is 1. The molecule has 0 aliphatic carbocycles. The smallest absolute Gasteiger partial charge is 0.293 e. The Kier molecular flexibility index (Phi) is 4.47. The number of benzene rings is 1. The van der Waals surface area contributed by atoms with E-state index in [2.05, 4.69) is 15.9 Å². The number of halogens is 6. The maximum atomic E-state index is 12.6. The number of alkyl halides is 6. The fraction of sp³-hybridized carbons (Fsp3) is 0.364. The van der Waals surface area contributed by atoms with Crippen LogP contribution in [0.4, 0.5) is 22.0 Å². The SMILES string of the molecule is CC(Br)C(=O)c1cc(C(F)F)ccc1C(F)(F)F. The van der Waals surface area contributed by atoms with Gasteiger partial charge in [-0.2, -0.15) is 13.2 Å². The molecule has 0 spiro atoms. The van der Waals surface area contributed by atoms with E-state index in [1.54, 1.807) is 0 Å². The van der Waals surface area contributed by atoms with Gasteiger partial charge in [-0.1, -0.05) is 22.0 Å². The Bertz CT molecular complexity index is 453. The number of carbonyl (C=O) groups excluding carboxylic acids is 1. The maximum Gasteiger partial charge on any atom is 0.417 e. The third-order valence-electron chi connectivity index (χ3n) is 2.23. The van der Waals surface area contributed by atoms with Crippen LogP contribution in [-0.2, 0) is 6.18 Å². The third-order valence-corrected chi connectivity index (χ3v) is 2.64. The minimum atomic E-state index is -4.76. The van der Waals surface area contributed by atoms with E-state index in [-0.39, 0.29) is 0 Å². The number of rotatable bonds is 3. The molecule has 0 aliphatic rings. The molecule has 0 N–H and O–H groups in total. The molecule has 0 heterocycles. The van der Waals surface area contributed by atoms with Gasteiger partial charge < -0.3 is 0 Å². The molecule has 0 saturated heterocycles. The zero-order valence-electron chi connectivity index (χ0n) is 9.06. The zero-order chi connectivity index (χ0) is 14.1. The van der Waals surface area contributed by atoms with E-state index >= 15 is 0 Å². The molecule has 0 amide bonds. The Morgan fingerprint density at radius 2 is 1.83 bits per heavy atom. The van der Waals surface area contributed by atoms with Gasteiger partial charge in [-0.05, 0) is 19.1 Å². The van der Waals surface area contributed by atoms with Gasteiger partial charge >= 0.3 is 6.18 Å². The minimum absolute atomic E-state index is 0.504. The van der Waals surface area contributed by atoms with Gasteiger partial charge in [-0.25, -0.2) is 8.78 Å². The average Bonchev–Trinajstić information content (AvgIpc) is 2.25. The summed E-state index contributed by atoms with van der Waals surface area (Å²) in [5.74, 6) is -0.884. The lowest BCUT2D eigenvalue weighted by atomic mass is 9.99. The van der Waals surface area contributed by atoms with Crippen molar-refractivity contribution in [1.82, 2.24) is 0 Å². The fourth-order valence-corrected chi connectivity index (χ4v) is 1.61. The summed E-state index contributed by atoms with van der Waals surface area (Å²) >= 11 is 2.83. The summed E-state index contributed by atoms with van der Waals surface area (Å²) in [5.41, 5.74) is -2.56. The summed E-state index contributed by atoms with van der Waals surface area (Å²) in [6.07, 6.45) is -7.68. The van der Waals surface area contributed by atoms with E-state index in [0.29, 0.717) is 18.2 Å². The molecular formula is C11H8BrF5O. The molecule has 1 unspecified atom stereocenters. The summed E-state index contributed by atoms with van der Waals surface area (Å²) in [4.78, 5) is 10.7. The topological polar surface area (TPSA) is 17.1 Å². The molecule has 0 fully saturated rings. The van der Waals surface area contributed by atoms with Gasteiger partial charge in [-0.15, -0.1) is 0 Å². The second-order valence-corrected chi connectivity index (χ2v) is 4.96. The minimum Gasteiger partial charge on any atom is -0.293 e. The largest absolute Gasteiger partial charge is 0.417 e. The Labute approximate surface area is 108 Å². The molecule has 1 nitrogen and oxygen atoms in total. The van der Waals surface area contributed by atoms with Crippen molar-refractivity contribution in [2.75, 3.05) is 0 Å². The Morgan fingerprint density at radius 3 is 2.22 bits per heavy atom. The average molecular weight is 331 g/mol. The lowest BCUT2D eigenvalue weighted by molar-refractivity contribution is -0.137. The number of carbonyl (C=O) groups is 1. The van der Waals surface area contributed by atoms with Crippen molar-refractivity contribution in [1.29, 1.82) is 0 Å². The van der Waals surface area contributed by atoms with Gasteiger partial charge in [0.15, 0.2) is 5.78 Å². The quantitative estimate of drug-likeness (QED) is 0.449. The highest BCUT2D eigenvalue weighted by atomic mass is 79.9. The van der Waals surface area contributed by atoms with Crippen LogP contribution >= 0.6 is 15.9 Å². The number of hydrogen-bond acceptors (Lipinski definition) is 1. The summed E-state index contributed by atoms with van der Waals surface area (Å²) in [7, 11) is 0. The van der Waals surface area contributed by atoms with Crippen LogP contribution in [0, 0.1) is 0 Å². The zero-order valence-corrected chi connectivity index (χ0v) is 10.6. The predicted molar refractivity (Wildman–Crippen MR) is 59.1 cm³/mol. The molecule has 0 bridgehead atoms. The van der Waals surface area contributed by atoms with Crippen molar-refractivity contribution < 1.29 is 26.7 Å². The molecule has 0 aromatic heterocycles. The monoisotopic (exact) mass is 330 g/mol. The molecular weight excluding hydrogens is 323 g/mol. The first kappa shape index (κ1) is 15.1. The standard InChI is InChI=1S/C11H8BrF5O/c1-5(12)9(18)7-4-6(10(13)14)2-3-8(7)11(15,16)17/h2-5,10H,1H3. The molecule has 1 aromatic carbocycles. The lowest BCUT2D eigenvalue weighted by Gasteiger charge is -2.14. The third kappa shape index (κ3) is 3.28. The van der Waals surface area contributed by atoms with Crippen molar-refractivity contribution in [3.8, 4) is 0 Å². The molecule has 1 rings (SSSR count). The van der Waals surface area contributed by atoms with Crippen LogP contribution in [0.5, 0.6) is 0 Å². The van der Waals surface area contributed by atoms with Gasteiger partial charge in [0.05, 0.1) is 10.4 Å². The van der Waals surface area contributed by atoms with Crippen LogP contribution in [0.3, 0.4) is 0 Å². The fourth-order valence-electron chi connectivity index (χ4n) is 1.36. The molecule has 18 heavy (non-hydrogen) atoms. The molecule has 0 saturated carbocycles. The van der Waals surface area contributed by atoms with E-state index in [4.69, 9.17) is 0 Å². The van der Waals surface area contributed by atoms with Crippen molar-refractivity contribution >= 4 is 21.7 Å². The van der Waals surface area contributed by atoms with Crippen molar-refractivity contribution in [2.24, 2.45) is 0 Å². The van der Waals surface area contributed by atoms with E-state index in [9.17, 15) is 26.7 Å². The van der Waals surface area contributed by atoms with Crippen LogP contribution in [0.2, 0.25) is 0 Å². The van der Waals surface area contributed by atoms with Crippen LogP contribution in [0.1, 0.15) is 34.8 Å². The van der Waals surface area contributed by atoms with Gasteiger partial charge in [0.1, 0.15) is 0 Å². The van der Waals surface area contributed by atoms with Crippen molar-refractivity contribution in [3.63, 3.8) is 0 Å². The van der Waals surface area contributed by atoms with Crippen LogP contribution in [-0.4, -0.2) is 10.6 Å². The number of ketones is 1. The molecule has 1 aromatic rings. The maximum absolute atomic E-state index is 12.6. The van der Waals surface area contributed by atoms with Crippen LogP contribution in [0.15, 0.2) is 18.2 Å². The molecule has 100 valence electrons. The van der Waals surface area contributed by atoms with Crippen molar-refractivity contribution in [2.45, 2.75) is 24.4 Å². The highest BCUT2D eigenvalue weighted by molar-refractivity contribution is 9.10. The first-order valence-electron chi connectivity index (χ1n) is 4.82. The first-order chi connectivity index (χ1) is 8.14. The van der Waals surface area contributed by atoms with E-state index in [0.717, 1.165) is 0 Å². The molecule has 0 aliphatic heterocycles. The summed E-state index contributed by atoms with van der Waals surface area (Å²) in [6, 6.07) is 1.76. The van der Waals surface area contributed by atoms with Gasteiger partial charge in [-0.3, -0.25) is 4.79 Å². The second kappa shape index (κ2) is 5.34. The van der Waals surface area contributed by atoms with E-state index < -0.39 is 39.9 Å². The predicted octanol–water partition coefficient (Wildman–Crippen LogP) is 4.61. The molecule has 0 radical (unpaired) electrons. The van der Waals surface area contributed by atoms with Gasteiger partial charge in [0.25, 0.3) is 6.43 Å². The van der Waals surface area contributed by atoms with Crippen LogP contribution < -0.4 is 0 Å². The van der Waals surface area contributed by atoms with Crippen LogP contribution in [0.25, 0.3) is 0 Å². The Balaban J connectivity index is 3.41. The van der Waals surface area contributed by atoms with Gasteiger partial charge in [0, 0.05) is 11.1 Å². The van der Waals surface area contributed by atoms with Gasteiger partial charge in [0.2, 0.25) is 0 Å². The summed E-state index contributed by atoms with van der Waals surface area (Å²) < 4.78 is 62.8. The van der Waals surface area contributed by atoms with E-state index in [1.807, 2.05) is 0 Å². The van der Waals surface area contributed by atoms with E-state index in [1.165, 1.54) is 6.92 Å². The molecule has 1 atom stereocenters. The molecule has 7 heteroatoms. The Hall–Kier alpha value is -0.980. The first-order valence-corrected chi connectivity index (χ1v) is 5.73. The summed E-state index contributed by atoms with van der Waals surface area (Å²) in [5, 5.41) is 0. The van der Waals surface area contributed by atoms with Crippen molar-refractivity contribution in [3.05, 3.63) is 34.9 Å². The highest BCUT2D eigenvalue weighted by Crippen LogP contribution is 2.35. The highest BCUT2D eigenvalue weighted by Gasteiger charge is 2.36. The normalized spacial score (nSPS) is 13.8. The summed E-state index contributed by atoms with van der Waals surface area (Å²) in [6.45, 7) is 1.33.